The number of fused-ring (bicyclic) bond motifs is 3. The monoisotopic (exact) mass is 468 g/mol. The number of rotatable bonds is 8. The molecule has 9 heteroatoms. The fourth-order valence-corrected chi connectivity index (χ4v) is 4.54. The molecule has 1 aliphatic carbocycles. The van der Waals surface area contributed by atoms with E-state index in [1.54, 1.807) is 0 Å². The van der Waals surface area contributed by atoms with Crippen molar-refractivity contribution in [3.8, 4) is 11.1 Å². The minimum absolute atomic E-state index is 0.0800. The number of alkyl carbamates (subject to hydrolysis) is 1. The molecule has 2 aliphatic rings. The lowest BCUT2D eigenvalue weighted by Gasteiger charge is -2.34. The van der Waals surface area contributed by atoms with E-state index in [9.17, 15) is 19.5 Å². The van der Waals surface area contributed by atoms with Crippen molar-refractivity contribution in [1.82, 2.24) is 10.6 Å². The Morgan fingerprint density at radius 3 is 2.21 bits per heavy atom. The van der Waals surface area contributed by atoms with Crippen LogP contribution in [0.2, 0.25) is 0 Å². The molecule has 1 fully saturated rings. The predicted molar refractivity (Wildman–Crippen MR) is 122 cm³/mol. The molecule has 34 heavy (non-hydrogen) atoms. The van der Waals surface area contributed by atoms with E-state index in [1.165, 1.54) is 7.11 Å². The summed E-state index contributed by atoms with van der Waals surface area (Å²) in [6.07, 6.45) is -1.44. The number of carbonyl (C=O) groups is 3. The molecule has 2 aromatic rings. The van der Waals surface area contributed by atoms with Crippen LogP contribution in [0.5, 0.6) is 0 Å². The van der Waals surface area contributed by atoms with E-state index in [0.29, 0.717) is 0 Å². The summed E-state index contributed by atoms with van der Waals surface area (Å²) in [6, 6.07) is 16.1. The second kappa shape index (κ2) is 10.2. The van der Waals surface area contributed by atoms with E-state index in [0.717, 1.165) is 22.3 Å². The third kappa shape index (κ3) is 4.76. The SMILES string of the molecule is COC(CNC(=O)OCC1c2ccccc2-c2ccccc21)C(=O)NC1(C(=O)O)CCOCC1. The van der Waals surface area contributed by atoms with Gasteiger partial charge in [-0.2, -0.15) is 0 Å². The smallest absolute Gasteiger partial charge is 0.407 e. The van der Waals surface area contributed by atoms with Gasteiger partial charge in [0.15, 0.2) is 6.10 Å². The van der Waals surface area contributed by atoms with Crippen LogP contribution in [0.15, 0.2) is 48.5 Å². The molecule has 1 heterocycles. The number of aliphatic carboxylic acids is 1. The molecule has 2 aromatic carbocycles. The number of benzene rings is 2. The molecule has 0 spiro atoms. The van der Waals surface area contributed by atoms with Gasteiger partial charge in [0.05, 0.1) is 6.54 Å². The van der Waals surface area contributed by atoms with Gasteiger partial charge in [0, 0.05) is 39.1 Å². The number of hydrogen-bond acceptors (Lipinski definition) is 6. The molecule has 2 amide bonds. The van der Waals surface area contributed by atoms with Crippen LogP contribution in [0.1, 0.15) is 29.9 Å². The molecular weight excluding hydrogens is 440 g/mol. The van der Waals surface area contributed by atoms with Gasteiger partial charge in [-0.25, -0.2) is 9.59 Å². The van der Waals surface area contributed by atoms with Crippen LogP contribution < -0.4 is 10.6 Å². The standard InChI is InChI=1S/C25H28N2O7/c1-32-21(22(28)27-25(23(29)30)10-12-33-13-11-25)14-26-24(31)34-15-20-18-8-4-2-6-16(18)17-7-3-5-9-19(17)20/h2-9,20-21H,10-15H2,1H3,(H,26,31)(H,27,28)(H,29,30). The van der Waals surface area contributed by atoms with Crippen LogP contribution in [0.4, 0.5) is 4.79 Å². The van der Waals surface area contributed by atoms with Gasteiger partial charge in [0.2, 0.25) is 0 Å². The minimum atomic E-state index is -1.41. The topological polar surface area (TPSA) is 123 Å². The number of nitrogens with one attached hydrogen (secondary N) is 2. The zero-order valence-electron chi connectivity index (χ0n) is 18.9. The Bertz CT molecular complexity index is 1020. The van der Waals surface area contributed by atoms with Crippen molar-refractivity contribution in [2.45, 2.75) is 30.4 Å². The maximum atomic E-state index is 12.7. The summed E-state index contributed by atoms with van der Waals surface area (Å²) in [5.41, 5.74) is 3.05. The normalized spacial score (nSPS) is 17.2. The van der Waals surface area contributed by atoms with E-state index in [4.69, 9.17) is 14.2 Å². The molecule has 1 unspecified atom stereocenters. The van der Waals surface area contributed by atoms with Crippen molar-refractivity contribution >= 4 is 18.0 Å². The van der Waals surface area contributed by atoms with Crippen LogP contribution in [0, 0.1) is 0 Å². The molecule has 0 bridgehead atoms. The molecule has 1 atom stereocenters. The average Bonchev–Trinajstić information content (AvgIpc) is 3.17. The van der Waals surface area contributed by atoms with Crippen LogP contribution in [0.25, 0.3) is 11.1 Å². The van der Waals surface area contributed by atoms with Gasteiger partial charge >= 0.3 is 12.1 Å². The zero-order chi connectivity index (χ0) is 24.1. The number of hydrogen-bond donors (Lipinski definition) is 3. The van der Waals surface area contributed by atoms with E-state index in [-0.39, 0.29) is 45.1 Å². The van der Waals surface area contributed by atoms with Gasteiger partial charge in [-0.05, 0) is 22.3 Å². The van der Waals surface area contributed by atoms with E-state index < -0.39 is 29.6 Å². The summed E-state index contributed by atoms with van der Waals surface area (Å²) in [6.45, 7) is 0.460. The lowest BCUT2D eigenvalue weighted by atomic mass is 9.90. The number of carbonyl (C=O) groups excluding carboxylic acids is 2. The fraction of sp³-hybridized carbons (Fsp3) is 0.400. The Morgan fingerprint density at radius 1 is 1.06 bits per heavy atom. The molecular formula is C25H28N2O7. The summed E-state index contributed by atoms with van der Waals surface area (Å²) in [5.74, 6) is -1.82. The van der Waals surface area contributed by atoms with Gasteiger partial charge in [-0.3, -0.25) is 4.79 Å². The molecule has 3 N–H and O–H groups in total. The first-order valence-corrected chi connectivity index (χ1v) is 11.2. The highest BCUT2D eigenvalue weighted by Crippen LogP contribution is 2.44. The number of methoxy groups -OCH3 is 1. The molecule has 4 rings (SSSR count). The molecule has 1 saturated heterocycles. The van der Waals surface area contributed by atoms with Gasteiger partial charge < -0.3 is 30.0 Å². The Hall–Kier alpha value is -3.43. The highest BCUT2D eigenvalue weighted by Gasteiger charge is 2.42. The van der Waals surface area contributed by atoms with Gasteiger partial charge in [0.1, 0.15) is 12.1 Å². The van der Waals surface area contributed by atoms with Gasteiger partial charge in [-0.1, -0.05) is 48.5 Å². The third-order valence-electron chi connectivity index (χ3n) is 6.47. The third-order valence-corrected chi connectivity index (χ3v) is 6.47. The van der Waals surface area contributed by atoms with Crippen molar-refractivity contribution in [3.05, 3.63) is 59.7 Å². The van der Waals surface area contributed by atoms with Crippen LogP contribution >= 0.6 is 0 Å². The number of carboxylic acids is 1. The highest BCUT2D eigenvalue weighted by molar-refractivity contribution is 5.89. The maximum Gasteiger partial charge on any atom is 0.407 e. The summed E-state index contributed by atoms with van der Waals surface area (Å²) in [4.78, 5) is 36.8. The Labute approximate surface area is 197 Å². The number of carboxylic acid groups (broad SMARTS) is 1. The van der Waals surface area contributed by atoms with E-state index in [1.807, 2.05) is 36.4 Å². The van der Waals surface area contributed by atoms with E-state index >= 15 is 0 Å². The molecule has 9 nitrogen and oxygen atoms in total. The molecule has 180 valence electrons. The van der Waals surface area contributed by atoms with Crippen LogP contribution in [0.3, 0.4) is 0 Å². The van der Waals surface area contributed by atoms with Crippen molar-refractivity contribution in [2.24, 2.45) is 0 Å². The van der Waals surface area contributed by atoms with Crippen molar-refractivity contribution in [1.29, 1.82) is 0 Å². The lowest BCUT2D eigenvalue weighted by Crippen LogP contribution is -2.60. The first-order chi connectivity index (χ1) is 16.4. The van der Waals surface area contributed by atoms with Gasteiger partial charge in [0.25, 0.3) is 5.91 Å². The number of ether oxygens (including phenoxy) is 3. The van der Waals surface area contributed by atoms with Crippen LogP contribution in [-0.4, -0.2) is 68.2 Å². The van der Waals surface area contributed by atoms with Crippen LogP contribution in [-0.2, 0) is 23.8 Å². The van der Waals surface area contributed by atoms with Crippen molar-refractivity contribution in [3.63, 3.8) is 0 Å². The maximum absolute atomic E-state index is 12.7. The highest BCUT2D eigenvalue weighted by atomic mass is 16.5. The summed E-state index contributed by atoms with van der Waals surface area (Å²) in [7, 11) is 1.32. The minimum Gasteiger partial charge on any atom is -0.480 e. The average molecular weight is 469 g/mol. The first kappa shape index (κ1) is 23.7. The van der Waals surface area contributed by atoms with Crippen molar-refractivity contribution < 1.29 is 33.7 Å². The molecule has 1 aliphatic heterocycles. The second-order valence-electron chi connectivity index (χ2n) is 8.42. The Balaban J connectivity index is 1.33. The summed E-state index contributed by atoms with van der Waals surface area (Å²) < 4.78 is 15.9. The first-order valence-electron chi connectivity index (χ1n) is 11.2. The lowest BCUT2D eigenvalue weighted by molar-refractivity contribution is -0.154. The number of amides is 2. The fourth-order valence-electron chi connectivity index (χ4n) is 4.54. The Kier molecular flexibility index (Phi) is 7.14. The molecule has 0 saturated carbocycles. The second-order valence-corrected chi connectivity index (χ2v) is 8.42. The van der Waals surface area contributed by atoms with E-state index in [2.05, 4.69) is 22.8 Å². The zero-order valence-corrected chi connectivity index (χ0v) is 18.9. The largest absolute Gasteiger partial charge is 0.480 e. The van der Waals surface area contributed by atoms with Gasteiger partial charge in [-0.15, -0.1) is 0 Å². The molecule has 0 radical (unpaired) electrons. The van der Waals surface area contributed by atoms with Crippen molar-refractivity contribution in [2.75, 3.05) is 33.5 Å². The Morgan fingerprint density at radius 2 is 1.65 bits per heavy atom. The summed E-state index contributed by atoms with van der Waals surface area (Å²) >= 11 is 0. The quantitative estimate of drug-likeness (QED) is 0.543. The molecule has 0 aromatic heterocycles. The predicted octanol–water partition coefficient (Wildman–Crippen LogP) is 2.29. The summed E-state index contributed by atoms with van der Waals surface area (Å²) in [5, 5.41) is 14.7.